The first-order chi connectivity index (χ1) is 18.6. The van der Waals surface area contributed by atoms with Crippen molar-refractivity contribution < 1.29 is 22.8 Å². The third-order valence-corrected chi connectivity index (χ3v) is 8.65. The summed E-state index contributed by atoms with van der Waals surface area (Å²) in [5.41, 5.74) is 1.57. The molecular formula is C29H30ClN3O5S. The maximum atomic E-state index is 13.8. The molecule has 3 amide bonds. The first-order valence-electron chi connectivity index (χ1n) is 12.6. The van der Waals surface area contributed by atoms with Crippen molar-refractivity contribution in [3.8, 4) is 0 Å². The fourth-order valence-corrected chi connectivity index (χ4v) is 6.30. The molecule has 204 valence electrons. The molecule has 0 bridgehead atoms. The van der Waals surface area contributed by atoms with Gasteiger partial charge in [0.1, 0.15) is 10.9 Å². The standard InChI is InChI=1S/C29H30ClN3O5S/c1-20(2)31-28(35)25(18-21-10-4-3-5-11-21)32(19-22-12-6-8-14-24(22)30)27(34)16-17-33-29(36)23-13-7-9-15-26(23)39(33,37)38/h3-15,20,25H,16-19H2,1-2H3,(H,31,35). The Labute approximate surface area is 233 Å². The quantitative estimate of drug-likeness (QED) is 0.398. The van der Waals surface area contributed by atoms with E-state index in [4.69, 9.17) is 11.6 Å². The van der Waals surface area contributed by atoms with Crippen molar-refractivity contribution in [1.82, 2.24) is 14.5 Å². The second-order valence-electron chi connectivity index (χ2n) is 9.61. The van der Waals surface area contributed by atoms with Crippen LogP contribution in [0.4, 0.5) is 0 Å². The van der Waals surface area contributed by atoms with Gasteiger partial charge >= 0.3 is 0 Å². The van der Waals surface area contributed by atoms with Crippen LogP contribution in [0.2, 0.25) is 5.02 Å². The number of amides is 3. The van der Waals surface area contributed by atoms with Gasteiger partial charge in [-0.2, -0.15) is 0 Å². The first kappa shape index (κ1) is 28.3. The van der Waals surface area contributed by atoms with Crippen LogP contribution in [0.15, 0.2) is 83.8 Å². The Bertz CT molecular complexity index is 1480. The molecule has 1 heterocycles. The van der Waals surface area contributed by atoms with E-state index < -0.39 is 27.9 Å². The smallest absolute Gasteiger partial charge is 0.269 e. The molecule has 0 spiro atoms. The number of hydrogen-bond acceptors (Lipinski definition) is 5. The van der Waals surface area contributed by atoms with Gasteiger partial charge in [0.15, 0.2) is 0 Å². The van der Waals surface area contributed by atoms with Crippen molar-refractivity contribution in [1.29, 1.82) is 0 Å². The highest BCUT2D eigenvalue weighted by atomic mass is 35.5. The average molecular weight is 568 g/mol. The van der Waals surface area contributed by atoms with Gasteiger partial charge in [-0.3, -0.25) is 14.4 Å². The van der Waals surface area contributed by atoms with Crippen LogP contribution in [-0.2, 0) is 32.6 Å². The molecule has 39 heavy (non-hydrogen) atoms. The van der Waals surface area contributed by atoms with Gasteiger partial charge < -0.3 is 10.2 Å². The summed E-state index contributed by atoms with van der Waals surface area (Å²) in [5.74, 6) is -1.49. The van der Waals surface area contributed by atoms with Gasteiger partial charge in [0.25, 0.3) is 15.9 Å². The third-order valence-electron chi connectivity index (χ3n) is 6.44. The van der Waals surface area contributed by atoms with E-state index in [2.05, 4.69) is 5.32 Å². The van der Waals surface area contributed by atoms with E-state index in [0.29, 0.717) is 10.6 Å². The van der Waals surface area contributed by atoms with Crippen molar-refractivity contribution in [2.75, 3.05) is 6.54 Å². The van der Waals surface area contributed by atoms with Gasteiger partial charge in [-0.15, -0.1) is 0 Å². The molecule has 0 aromatic heterocycles. The van der Waals surface area contributed by atoms with Crippen molar-refractivity contribution in [3.63, 3.8) is 0 Å². The van der Waals surface area contributed by atoms with Gasteiger partial charge in [0, 0.05) is 37.0 Å². The molecule has 1 unspecified atom stereocenters. The summed E-state index contributed by atoms with van der Waals surface area (Å²) in [7, 11) is -4.07. The molecular weight excluding hydrogens is 538 g/mol. The predicted octanol–water partition coefficient (Wildman–Crippen LogP) is 4.04. The van der Waals surface area contributed by atoms with Crippen LogP contribution in [0.3, 0.4) is 0 Å². The number of sulfonamides is 1. The fourth-order valence-electron chi connectivity index (χ4n) is 4.54. The number of fused-ring (bicyclic) bond motifs is 1. The van der Waals surface area contributed by atoms with Gasteiger partial charge in [0.2, 0.25) is 11.8 Å². The molecule has 3 aromatic carbocycles. The lowest BCUT2D eigenvalue weighted by Crippen LogP contribution is -2.52. The minimum absolute atomic E-state index is 0.0302. The molecule has 1 aliphatic heterocycles. The minimum Gasteiger partial charge on any atom is -0.352 e. The second kappa shape index (κ2) is 12.0. The van der Waals surface area contributed by atoms with E-state index >= 15 is 0 Å². The van der Waals surface area contributed by atoms with Crippen LogP contribution in [0.1, 0.15) is 41.8 Å². The Balaban J connectivity index is 1.65. The number of benzene rings is 3. The van der Waals surface area contributed by atoms with Gasteiger partial charge in [-0.05, 0) is 43.2 Å². The Morgan fingerprint density at radius 2 is 1.59 bits per heavy atom. The Hall–Kier alpha value is -3.69. The highest BCUT2D eigenvalue weighted by molar-refractivity contribution is 7.90. The summed E-state index contributed by atoms with van der Waals surface area (Å²) in [4.78, 5) is 41.5. The Morgan fingerprint density at radius 1 is 0.949 bits per heavy atom. The zero-order valence-corrected chi connectivity index (χ0v) is 23.3. The molecule has 4 rings (SSSR count). The molecule has 0 fully saturated rings. The van der Waals surface area contributed by atoms with Crippen LogP contribution in [-0.4, -0.2) is 54.0 Å². The molecule has 1 N–H and O–H groups in total. The van der Waals surface area contributed by atoms with Crippen molar-refractivity contribution in [2.24, 2.45) is 0 Å². The summed E-state index contributed by atoms with van der Waals surface area (Å²) >= 11 is 6.42. The zero-order chi connectivity index (χ0) is 28.2. The summed E-state index contributed by atoms with van der Waals surface area (Å²) < 4.78 is 26.8. The summed E-state index contributed by atoms with van der Waals surface area (Å²) in [6.45, 7) is 3.35. The summed E-state index contributed by atoms with van der Waals surface area (Å²) in [5, 5.41) is 3.34. The third kappa shape index (κ3) is 6.32. The van der Waals surface area contributed by atoms with Crippen LogP contribution in [0.25, 0.3) is 0 Å². The largest absolute Gasteiger partial charge is 0.352 e. The number of hydrogen-bond donors (Lipinski definition) is 1. The Morgan fingerprint density at radius 3 is 2.26 bits per heavy atom. The van der Waals surface area contributed by atoms with E-state index in [0.717, 1.165) is 9.87 Å². The van der Waals surface area contributed by atoms with Crippen molar-refractivity contribution in [2.45, 2.75) is 50.2 Å². The van der Waals surface area contributed by atoms with Crippen LogP contribution in [0, 0.1) is 0 Å². The normalized spacial score (nSPS) is 14.7. The molecule has 1 atom stereocenters. The van der Waals surface area contributed by atoms with Crippen molar-refractivity contribution >= 4 is 39.3 Å². The monoisotopic (exact) mass is 567 g/mol. The maximum Gasteiger partial charge on any atom is 0.269 e. The lowest BCUT2D eigenvalue weighted by Gasteiger charge is -2.32. The lowest BCUT2D eigenvalue weighted by molar-refractivity contribution is -0.141. The SMILES string of the molecule is CC(C)NC(=O)C(Cc1ccccc1)N(Cc1ccccc1Cl)C(=O)CCN1C(=O)c2ccccc2S1(=O)=O. The highest BCUT2D eigenvalue weighted by Crippen LogP contribution is 2.30. The zero-order valence-electron chi connectivity index (χ0n) is 21.7. The van der Waals surface area contributed by atoms with Gasteiger partial charge in [-0.25, -0.2) is 12.7 Å². The lowest BCUT2D eigenvalue weighted by atomic mass is 10.0. The molecule has 0 saturated carbocycles. The molecule has 8 nitrogen and oxygen atoms in total. The highest BCUT2D eigenvalue weighted by Gasteiger charge is 2.41. The average Bonchev–Trinajstić information content (AvgIpc) is 3.10. The topological polar surface area (TPSA) is 104 Å². The van der Waals surface area contributed by atoms with Gasteiger partial charge in [-0.1, -0.05) is 72.3 Å². The van der Waals surface area contributed by atoms with Gasteiger partial charge in [0.05, 0.1) is 5.56 Å². The number of halogens is 1. The number of carbonyl (C=O) groups is 3. The maximum absolute atomic E-state index is 13.8. The summed E-state index contributed by atoms with van der Waals surface area (Å²) in [6, 6.07) is 21.3. The van der Waals surface area contributed by atoms with E-state index in [1.54, 1.807) is 36.4 Å². The number of nitrogens with one attached hydrogen (secondary N) is 1. The van der Waals surface area contributed by atoms with E-state index in [-0.39, 0.29) is 48.3 Å². The second-order valence-corrected chi connectivity index (χ2v) is 11.8. The van der Waals surface area contributed by atoms with Crippen LogP contribution in [0.5, 0.6) is 0 Å². The first-order valence-corrected chi connectivity index (χ1v) is 14.4. The molecule has 10 heteroatoms. The number of rotatable bonds is 10. The van der Waals surface area contributed by atoms with E-state index in [9.17, 15) is 22.8 Å². The Kier molecular flexibility index (Phi) is 8.72. The molecule has 0 saturated heterocycles. The van der Waals surface area contributed by atoms with E-state index in [1.807, 2.05) is 44.2 Å². The van der Waals surface area contributed by atoms with Crippen LogP contribution < -0.4 is 5.32 Å². The van der Waals surface area contributed by atoms with Crippen molar-refractivity contribution in [3.05, 3.63) is 101 Å². The molecule has 0 aliphatic carbocycles. The predicted molar refractivity (Wildman–Crippen MR) is 148 cm³/mol. The fraction of sp³-hybridized carbons (Fsp3) is 0.276. The molecule has 0 radical (unpaired) electrons. The number of carbonyl (C=O) groups excluding carboxylic acids is 3. The molecule has 3 aromatic rings. The summed E-state index contributed by atoms with van der Waals surface area (Å²) in [6.07, 6.45) is -0.0639. The van der Waals surface area contributed by atoms with Crippen LogP contribution >= 0.6 is 11.6 Å². The van der Waals surface area contributed by atoms with E-state index in [1.165, 1.54) is 17.0 Å². The molecule has 1 aliphatic rings. The minimum atomic E-state index is -4.07. The number of nitrogens with zero attached hydrogens (tertiary/aromatic N) is 2.